The Bertz CT molecular complexity index is 794. The van der Waals surface area contributed by atoms with E-state index < -0.39 is 0 Å². The van der Waals surface area contributed by atoms with Crippen molar-refractivity contribution in [2.75, 3.05) is 0 Å². The predicted octanol–water partition coefficient (Wildman–Crippen LogP) is 5.63. The van der Waals surface area contributed by atoms with Gasteiger partial charge in [-0.05, 0) is 35.6 Å². The highest BCUT2D eigenvalue weighted by Gasteiger charge is 2.16. The molecule has 6 heteroatoms. The second kappa shape index (κ2) is 5.72. The summed E-state index contributed by atoms with van der Waals surface area (Å²) in [5.74, 6) is 0.112. The Morgan fingerprint density at radius 3 is 2.38 bits per heavy atom. The van der Waals surface area contributed by atoms with Crippen LogP contribution in [0.1, 0.15) is 5.56 Å². The van der Waals surface area contributed by atoms with Crippen LogP contribution < -0.4 is 0 Å². The van der Waals surface area contributed by atoms with Crippen LogP contribution in [0.5, 0.6) is 0 Å². The maximum atomic E-state index is 13.3. The lowest BCUT2D eigenvalue weighted by atomic mass is 10.1. The molecule has 0 atom stereocenters. The number of aromatic nitrogens is 2. The smallest absolute Gasteiger partial charge is 0.163 e. The average Bonchev–Trinajstić information content (AvgIpc) is 2.84. The van der Waals surface area contributed by atoms with Crippen molar-refractivity contribution in [1.29, 1.82) is 0 Å². The molecule has 0 unspecified atom stereocenters. The Morgan fingerprint density at radius 1 is 1.10 bits per heavy atom. The van der Waals surface area contributed by atoms with Crippen LogP contribution in [0.3, 0.4) is 0 Å². The van der Waals surface area contributed by atoms with E-state index in [0.717, 1.165) is 11.1 Å². The fraction of sp³-hybridized carbons (Fsp3) is 0.0667. The molecule has 0 aliphatic rings. The molecule has 1 aromatic carbocycles. The van der Waals surface area contributed by atoms with Crippen molar-refractivity contribution in [3.05, 3.63) is 56.7 Å². The van der Waals surface area contributed by atoms with Crippen LogP contribution in [0.15, 0.2) is 35.0 Å². The Labute approximate surface area is 135 Å². The van der Waals surface area contributed by atoms with Crippen LogP contribution in [0, 0.1) is 12.7 Å². The van der Waals surface area contributed by atoms with E-state index in [1.54, 1.807) is 23.5 Å². The van der Waals surface area contributed by atoms with Gasteiger partial charge in [0.1, 0.15) is 16.1 Å². The Morgan fingerprint density at radius 2 is 1.81 bits per heavy atom. The summed E-state index contributed by atoms with van der Waals surface area (Å²) < 4.78 is 13.3. The molecule has 0 spiro atoms. The van der Waals surface area contributed by atoms with Crippen molar-refractivity contribution < 1.29 is 4.39 Å². The van der Waals surface area contributed by atoms with E-state index in [0.29, 0.717) is 17.0 Å². The van der Waals surface area contributed by atoms with E-state index in [2.05, 4.69) is 9.97 Å². The van der Waals surface area contributed by atoms with E-state index in [4.69, 9.17) is 23.2 Å². The third kappa shape index (κ3) is 2.79. The molecule has 0 aliphatic heterocycles. The minimum atomic E-state index is -0.364. The van der Waals surface area contributed by atoms with Gasteiger partial charge in [0.15, 0.2) is 5.82 Å². The second-order valence-electron chi connectivity index (χ2n) is 4.48. The monoisotopic (exact) mass is 338 g/mol. The lowest BCUT2D eigenvalue weighted by Crippen LogP contribution is -1.95. The normalized spacial score (nSPS) is 10.9. The molecule has 2 heterocycles. The fourth-order valence-corrected chi connectivity index (χ4v) is 3.43. The molecule has 0 aliphatic carbocycles. The largest absolute Gasteiger partial charge is 0.216 e. The molecule has 0 bridgehead atoms. The van der Waals surface area contributed by atoms with Gasteiger partial charge in [-0.2, -0.15) is 11.3 Å². The molecule has 0 fully saturated rings. The fourth-order valence-electron chi connectivity index (χ4n) is 2.00. The molecular formula is C15H9Cl2FN2S. The Kier molecular flexibility index (Phi) is 3.93. The van der Waals surface area contributed by atoms with Crippen molar-refractivity contribution in [2.24, 2.45) is 0 Å². The van der Waals surface area contributed by atoms with Crippen LogP contribution in [0.2, 0.25) is 10.3 Å². The summed E-state index contributed by atoms with van der Waals surface area (Å²) in [6.07, 6.45) is 0. The molecule has 0 radical (unpaired) electrons. The lowest BCUT2D eigenvalue weighted by molar-refractivity contribution is 0.628. The van der Waals surface area contributed by atoms with E-state index in [-0.39, 0.29) is 16.1 Å². The number of hydrogen-bond donors (Lipinski definition) is 0. The summed E-state index contributed by atoms with van der Waals surface area (Å²) in [5, 5.41) is 4.36. The molecule has 0 N–H and O–H groups in total. The van der Waals surface area contributed by atoms with Gasteiger partial charge in [-0.25, -0.2) is 14.4 Å². The van der Waals surface area contributed by atoms with Crippen LogP contribution in [-0.2, 0) is 0 Å². The highest BCUT2D eigenvalue weighted by Crippen LogP contribution is 2.35. The maximum Gasteiger partial charge on any atom is 0.163 e. The highest BCUT2D eigenvalue weighted by atomic mass is 35.5. The molecule has 2 aromatic heterocycles. The van der Waals surface area contributed by atoms with Gasteiger partial charge in [-0.3, -0.25) is 0 Å². The third-order valence-corrected chi connectivity index (χ3v) is 4.44. The molecule has 3 aromatic rings. The molecule has 2 nitrogen and oxygen atoms in total. The molecule has 0 amide bonds. The number of hydrogen-bond acceptors (Lipinski definition) is 3. The average molecular weight is 339 g/mol. The first-order valence-corrected chi connectivity index (χ1v) is 7.78. The van der Waals surface area contributed by atoms with E-state index in [1.807, 2.05) is 17.7 Å². The van der Waals surface area contributed by atoms with Crippen LogP contribution in [0.25, 0.3) is 22.5 Å². The summed E-state index contributed by atoms with van der Waals surface area (Å²) in [6, 6.07) is 6.02. The van der Waals surface area contributed by atoms with Crippen molar-refractivity contribution in [3.8, 4) is 22.5 Å². The van der Waals surface area contributed by atoms with Gasteiger partial charge in [0.25, 0.3) is 0 Å². The molecule has 0 saturated carbocycles. The number of thiophene rings is 1. The zero-order valence-electron chi connectivity index (χ0n) is 10.9. The molecular weight excluding hydrogens is 330 g/mol. The van der Waals surface area contributed by atoms with Gasteiger partial charge >= 0.3 is 0 Å². The number of rotatable bonds is 2. The van der Waals surface area contributed by atoms with Crippen LogP contribution in [0.4, 0.5) is 4.39 Å². The third-order valence-electron chi connectivity index (χ3n) is 3.03. The van der Waals surface area contributed by atoms with Gasteiger partial charge in [0.2, 0.25) is 0 Å². The van der Waals surface area contributed by atoms with Gasteiger partial charge in [0, 0.05) is 10.9 Å². The van der Waals surface area contributed by atoms with Crippen LogP contribution in [-0.4, -0.2) is 9.97 Å². The SMILES string of the molecule is Cc1cscc1-c1nc(Cl)c(-c2cccc(F)c2)c(Cl)n1. The highest BCUT2D eigenvalue weighted by molar-refractivity contribution is 7.08. The zero-order valence-corrected chi connectivity index (χ0v) is 13.2. The van der Waals surface area contributed by atoms with E-state index in [9.17, 15) is 4.39 Å². The minimum Gasteiger partial charge on any atom is -0.216 e. The standard InChI is InChI=1S/C15H9Cl2FN2S/c1-8-6-21-7-11(8)15-19-13(16)12(14(17)20-15)9-3-2-4-10(18)5-9/h2-7H,1H3. The maximum absolute atomic E-state index is 13.3. The topological polar surface area (TPSA) is 25.8 Å². The van der Waals surface area contributed by atoms with E-state index in [1.165, 1.54) is 12.1 Å². The second-order valence-corrected chi connectivity index (χ2v) is 5.94. The summed E-state index contributed by atoms with van der Waals surface area (Å²) in [5.41, 5.74) is 2.95. The van der Waals surface area contributed by atoms with Gasteiger partial charge in [0.05, 0.1) is 5.56 Å². The van der Waals surface area contributed by atoms with Gasteiger partial charge in [-0.1, -0.05) is 35.3 Å². The molecule has 21 heavy (non-hydrogen) atoms. The van der Waals surface area contributed by atoms with Gasteiger partial charge in [-0.15, -0.1) is 0 Å². The first-order chi connectivity index (χ1) is 10.1. The number of halogens is 3. The van der Waals surface area contributed by atoms with E-state index >= 15 is 0 Å². The summed E-state index contributed by atoms with van der Waals surface area (Å²) in [7, 11) is 0. The van der Waals surface area contributed by atoms with Crippen LogP contribution >= 0.6 is 34.5 Å². The van der Waals surface area contributed by atoms with Gasteiger partial charge < -0.3 is 0 Å². The lowest BCUT2D eigenvalue weighted by Gasteiger charge is -2.08. The minimum absolute atomic E-state index is 0.209. The van der Waals surface area contributed by atoms with Crippen molar-refractivity contribution >= 4 is 34.5 Å². The zero-order chi connectivity index (χ0) is 15.0. The Balaban J connectivity index is 2.15. The number of benzene rings is 1. The van der Waals surface area contributed by atoms with Crippen molar-refractivity contribution in [1.82, 2.24) is 9.97 Å². The number of nitrogens with zero attached hydrogens (tertiary/aromatic N) is 2. The Hall–Kier alpha value is -1.49. The summed E-state index contributed by atoms with van der Waals surface area (Å²) in [4.78, 5) is 8.59. The molecule has 106 valence electrons. The summed E-state index contributed by atoms with van der Waals surface area (Å²) in [6.45, 7) is 1.97. The first-order valence-electron chi connectivity index (χ1n) is 6.08. The summed E-state index contributed by atoms with van der Waals surface area (Å²) >= 11 is 14.0. The molecule has 0 saturated heterocycles. The molecule has 3 rings (SSSR count). The van der Waals surface area contributed by atoms with Crippen molar-refractivity contribution in [2.45, 2.75) is 6.92 Å². The predicted molar refractivity (Wildman–Crippen MR) is 85.5 cm³/mol. The van der Waals surface area contributed by atoms with Crippen molar-refractivity contribution in [3.63, 3.8) is 0 Å². The quantitative estimate of drug-likeness (QED) is 0.566. The number of aryl methyl sites for hydroxylation is 1. The first kappa shape index (κ1) is 14.4.